The lowest BCUT2D eigenvalue weighted by Gasteiger charge is -2.12. The second-order valence-corrected chi connectivity index (χ2v) is 6.33. The fourth-order valence-electron chi connectivity index (χ4n) is 2.90. The molecule has 2 aromatic rings. The first-order valence-electron chi connectivity index (χ1n) is 8.99. The predicted octanol–water partition coefficient (Wildman–Crippen LogP) is 2.26. The summed E-state index contributed by atoms with van der Waals surface area (Å²) in [5.41, 5.74) is 1.07. The van der Waals surface area contributed by atoms with Gasteiger partial charge in [-0.05, 0) is 31.0 Å². The number of carbonyl (C=O) groups is 2. The van der Waals surface area contributed by atoms with Gasteiger partial charge >= 0.3 is 0 Å². The molecule has 2 N–H and O–H groups in total. The van der Waals surface area contributed by atoms with Gasteiger partial charge in [-0.3, -0.25) is 14.6 Å². The second-order valence-electron chi connectivity index (χ2n) is 6.33. The zero-order valence-electron chi connectivity index (χ0n) is 15.9. The Balaban J connectivity index is 1.67. The van der Waals surface area contributed by atoms with Gasteiger partial charge in [-0.15, -0.1) is 0 Å². The van der Waals surface area contributed by atoms with Crippen LogP contribution in [-0.4, -0.2) is 50.3 Å². The number of aromatic nitrogens is 1. The molecule has 0 bridgehead atoms. The molecule has 2 heterocycles. The van der Waals surface area contributed by atoms with Gasteiger partial charge in [0.2, 0.25) is 0 Å². The summed E-state index contributed by atoms with van der Waals surface area (Å²) >= 11 is 0. The molecule has 3 rings (SSSR count). The molecule has 8 heteroatoms. The average molecular weight is 385 g/mol. The fraction of sp³-hybridized carbons (Fsp3) is 0.350. The van der Waals surface area contributed by atoms with Crippen LogP contribution in [0.1, 0.15) is 33.6 Å². The van der Waals surface area contributed by atoms with Crippen LogP contribution in [0.2, 0.25) is 0 Å². The number of hydrogen-bond donors (Lipinski definition) is 2. The monoisotopic (exact) mass is 385 g/mol. The summed E-state index contributed by atoms with van der Waals surface area (Å²) in [5, 5.41) is 5.58. The third kappa shape index (κ3) is 4.77. The van der Waals surface area contributed by atoms with Gasteiger partial charge in [0, 0.05) is 31.6 Å². The van der Waals surface area contributed by atoms with E-state index >= 15 is 0 Å². The van der Waals surface area contributed by atoms with Crippen molar-refractivity contribution in [2.45, 2.75) is 18.9 Å². The molecule has 1 fully saturated rings. The summed E-state index contributed by atoms with van der Waals surface area (Å²) in [6.07, 6.45) is 4.82. The zero-order valence-corrected chi connectivity index (χ0v) is 15.9. The number of rotatable bonds is 7. The van der Waals surface area contributed by atoms with Gasteiger partial charge in [0.1, 0.15) is 11.5 Å². The van der Waals surface area contributed by atoms with Gasteiger partial charge in [-0.25, -0.2) is 0 Å². The molecule has 1 aliphatic rings. The molecule has 148 valence electrons. The van der Waals surface area contributed by atoms with Gasteiger partial charge in [-0.1, -0.05) is 0 Å². The number of nitrogens with one attached hydrogen (secondary N) is 2. The number of benzene rings is 1. The summed E-state index contributed by atoms with van der Waals surface area (Å²) in [7, 11) is 3.05. The van der Waals surface area contributed by atoms with Gasteiger partial charge in [0.05, 0.1) is 37.1 Å². The van der Waals surface area contributed by atoms with Crippen LogP contribution in [0.15, 0.2) is 36.7 Å². The maximum absolute atomic E-state index is 12.6. The van der Waals surface area contributed by atoms with Crippen molar-refractivity contribution in [3.8, 4) is 11.5 Å². The molecule has 2 amide bonds. The maximum atomic E-state index is 12.6. The highest BCUT2D eigenvalue weighted by atomic mass is 16.5. The smallest absolute Gasteiger partial charge is 0.257 e. The number of nitrogens with zero attached hydrogens (tertiary/aromatic N) is 1. The van der Waals surface area contributed by atoms with Crippen molar-refractivity contribution in [3.05, 3.63) is 47.8 Å². The lowest BCUT2D eigenvalue weighted by atomic mass is 10.1. The number of pyridine rings is 1. The van der Waals surface area contributed by atoms with Crippen molar-refractivity contribution in [2.24, 2.45) is 0 Å². The molecule has 1 atom stereocenters. The van der Waals surface area contributed by atoms with E-state index in [1.165, 1.54) is 25.6 Å². The highest BCUT2D eigenvalue weighted by Crippen LogP contribution is 2.29. The minimum Gasteiger partial charge on any atom is -0.497 e. The number of methoxy groups -OCH3 is 2. The van der Waals surface area contributed by atoms with E-state index in [0.717, 1.165) is 19.4 Å². The van der Waals surface area contributed by atoms with Gasteiger partial charge in [0.15, 0.2) is 0 Å². The van der Waals surface area contributed by atoms with Crippen molar-refractivity contribution in [3.63, 3.8) is 0 Å². The van der Waals surface area contributed by atoms with Crippen LogP contribution in [0, 0.1) is 0 Å². The molecule has 1 aromatic carbocycles. The summed E-state index contributed by atoms with van der Waals surface area (Å²) in [6.45, 7) is 1.17. The van der Waals surface area contributed by atoms with E-state index in [4.69, 9.17) is 14.2 Å². The van der Waals surface area contributed by atoms with Crippen LogP contribution in [0.25, 0.3) is 0 Å². The molecule has 1 aromatic heterocycles. The molecule has 28 heavy (non-hydrogen) atoms. The molecule has 1 unspecified atom stereocenters. The highest BCUT2D eigenvalue weighted by molar-refractivity contribution is 6.06. The van der Waals surface area contributed by atoms with Gasteiger partial charge in [0.25, 0.3) is 11.8 Å². The van der Waals surface area contributed by atoms with Gasteiger partial charge in [-0.2, -0.15) is 0 Å². The van der Waals surface area contributed by atoms with E-state index < -0.39 is 5.91 Å². The lowest BCUT2D eigenvalue weighted by Crippen LogP contribution is -2.32. The van der Waals surface area contributed by atoms with E-state index in [2.05, 4.69) is 15.6 Å². The summed E-state index contributed by atoms with van der Waals surface area (Å²) in [6, 6.07) is 6.57. The third-order valence-corrected chi connectivity index (χ3v) is 4.43. The van der Waals surface area contributed by atoms with Crippen LogP contribution in [0.3, 0.4) is 0 Å². The van der Waals surface area contributed by atoms with E-state index in [-0.39, 0.29) is 17.6 Å². The Morgan fingerprint density at radius 1 is 1.14 bits per heavy atom. The SMILES string of the molecule is COc1ccc(NC(=O)c2cncc(C(=O)NCC3CCCO3)c2)c(OC)c1. The Labute approximate surface area is 163 Å². The van der Waals surface area contributed by atoms with Crippen molar-refractivity contribution in [1.29, 1.82) is 0 Å². The molecule has 0 aliphatic carbocycles. The van der Waals surface area contributed by atoms with E-state index in [9.17, 15) is 9.59 Å². The minimum atomic E-state index is -0.398. The Bertz CT molecular complexity index is 849. The summed E-state index contributed by atoms with van der Waals surface area (Å²) in [4.78, 5) is 28.9. The number of ether oxygens (including phenoxy) is 3. The summed E-state index contributed by atoms with van der Waals surface area (Å²) < 4.78 is 15.9. The molecule has 1 saturated heterocycles. The van der Waals surface area contributed by atoms with E-state index in [0.29, 0.717) is 29.3 Å². The normalized spacial score (nSPS) is 15.7. The first kappa shape index (κ1) is 19.6. The molecule has 0 saturated carbocycles. The van der Waals surface area contributed by atoms with Gasteiger partial charge < -0.3 is 24.8 Å². The number of anilines is 1. The number of amides is 2. The highest BCUT2D eigenvalue weighted by Gasteiger charge is 2.18. The Kier molecular flexibility index (Phi) is 6.44. The largest absolute Gasteiger partial charge is 0.497 e. The zero-order chi connectivity index (χ0) is 19.9. The average Bonchev–Trinajstić information content (AvgIpc) is 3.26. The molecular formula is C20H23N3O5. The lowest BCUT2D eigenvalue weighted by molar-refractivity contribution is 0.0857. The first-order chi connectivity index (χ1) is 13.6. The first-order valence-corrected chi connectivity index (χ1v) is 8.99. The van der Waals surface area contributed by atoms with E-state index in [1.54, 1.807) is 25.3 Å². The molecular weight excluding hydrogens is 362 g/mol. The molecule has 8 nitrogen and oxygen atoms in total. The van der Waals surface area contributed by atoms with Crippen molar-refractivity contribution in [2.75, 3.05) is 32.7 Å². The van der Waals surface area contributed by atoms with Crippen LogP contribution in [-0.2, 0) is 4.74 Å². The molecule has 1 aliphatic heterocycles. The van der Waals surface area contributed by atoms with Crippen molar-refractivity contribution < 1.29 is 23.8 Å². The van der Waals surface area contributed by atoms with Crippen molar-refractivity contribution >= 4 is 17.5 Å². The maximum Gasteiger partial charge on any atom is 0.257 e. The standard InChI is InChI=1S/C20H23N3O5/c1-26-15-5-6-17(18(9-15)27-2)23-20(25)14-8-13(10-21-11-14)19(24)22-12-16-4-3-7-28-16/h5-6,8-11,16H,3-4,7,12H2,1-2H3,(H,22,24)(H,23,25). The van der Waals surface area contributed by atoms with Crippen LogP contribution in [0.4, 0.5) is 5.69 Å². The topological polar surface area (TPSA) is 98.8 Å². The molecule has 0 radical (unpaired) electrons. The van der Waals surface area contributed by atoms with Crippen LogP contribution >= 0.6 is 0 Å². The Hall–Kier alpha value is -3.13. The summed E-state index contributed by atoms with van der Waals surface area (Å²) in [5.74, 6) is 0.386. The number of hydrogen-bond acceptors (Lipinski definition) is 6. The quantitative estimate of drug-likeness (QED) is 0.759. The van der Waals surface area contributed by atoms with Crippen molar-refractivity contribution in [1.82, 2.24) is 10.3 Å². The Morgan fingerprint density at radius 3 is 2.61 bits per heavy atom. The van der Waals surface area contributed by atoms with E-state index in [1.807, 2.05) is 0 Å². The molecule has 0 spiro atoms. The second kappa shape index (κ2) is 9.18. The van der Waals surface area contributed by atoms with Crippen LogP contribution < -0.4 is 20.1 Å². The Morgan fingerprint density at radius 2 is 1.93 bits per heavy atom. The third-order valence-electron chi connectivity index (χ3n) is 4.43. The number of carbonyl (C=O) groups excluding carboxylic acids is 2. The minimum absolute atomic E-state index is 0.0472. The fourth-order valence-corrected chi connectivity index (χ4v) is 2.90. The predicted molar refractivity (Wildman–Crippen MR) is 103 cm³/mol. The van der Waals surface area contributed by atoms with Crippen LogP contribution in [0.5, 0.6) is 11.5 Å².